The van der Waals surface area contributed by atoms with Crippen LogP contribution in [-0.4, -0.2) is 84.6 Å². The van der Waals surface area contributed by atoms with Crippen LogP contribution in [0.1, 0.15) is 159 Å². The van der Waals surface area contributed by atoms with Crippen molar-refractivity contribution in [2.45, 2.75) is 159 Å². The highest BCUT2D eigenvalue weighted by Gasteiger charge is 2.35. The van der Waals surface area contributed by atoms with Crippen LogP contribution in [0.25, 0.3) is 0 Å². The van der Waals surface area contributed by atoms with Crippen molar-refractivity contribution in [3.63, 3.8) is 0 Å². The van der Waals surface area contributed by atoms with E-state index in [4.69, 9.17) is 28.2 Å². The first-order valence-corrected chi connectivity index (χ1v) is 20.3. The molecule has 0 heterocycles. The Morgan fingerprint density at radius 2 is 0.714 bits per heavy atom. The smallest absolute Gasteiger partial charge is 0.264 e. The third kappa shape index (κ3) is 20.2. The molecule has 0 aliphatic heterocycles. The van der Waals surface area contributed by atoms with E-state index in [1.54, 1.807) is 13.8 Å². The standard InChI is InChI=1S/C20H32O7S.C19H30O5.4CH4/c1-15-16(18(22)20(26-3)19(25-2)17(15)21)13-11-9-7-5-6-8-10-12-14-27-28(4,23)24;1-14-15(12-10-8-6-4-5-7-9-11-13-20)17(22)19(24-3)18(23-2)16(14)21;;;;/h5-14H2,1-4H3;20H,4-13H2,1-3H3;4*1H4. The average Bonchev–Trinajstić information content (AvgIpc) is 3.11. The fourth-order valence-electron chi connectivity index (χ4n) is 6.13. The summed E-state index contributed by atoms with van der Waals surface area (Å²) >= 11 is 0. The number of allylic oxidation sites excluding steroid dienone is 4. The van der Waals surface area contributed by atoms with Gasteiger partial charge in [-0.1, -0.05) is 107 Å². The molecule has 12 nitrogen and oxygen atoms in total. The highest BCUT2D eigenvalue weighted by atomic mass is 32.2. The number of carbonyl (C=O) groups is 4. The fourth-order valence-corrected chi connectivity index (χ4v) is 6.56. The Balaban J connectivity index is -0.000000455. The average molecular weight is 819 g/mol. The van der Waals surface area contributed by atoms with E-state index < -0.39 is 10.1 Å². The molecule has 0 aromatic rings. The normalized spacial score (nSPS) is 14.3. The molecule has 2 aliphatic carbocycles. The Morgan fingerprint density at radius 3 is 1.00 bits per heavy atom. The number of ketones is 4. The second-order valence-electron chi connectivity index (χ2n) is 13.1. The highest BCUT2D eigenvalue weighted by Crippen LogP contribution is 2.30. The highest BCUT2D eigenvalue weighted by molar-refractivity contribution is 7.85. The summed E-state index contributed by atoms with van der Waals surface area (Å²) in [5.74, 6) is -1.02. The zero-order chi connectivity index (χ0) is 39.1. The number of aliphatic hydroxyl groups excluding tert-OH is 1. The number of Topliss-reactive ketones (excluding diaryl/α,β-unsaturated/α-hetero) is 4. The summed E-state index contributed by atoms with van der Waals surface area (Å²) in [6.07, 6.45) is 18.6. The lowest BCUT2D eigenvalue weighted by Gasteiger charge is -2.20. The summed E-state index contributed by atoms with van der Waals surface area (Å²) in [5, 5.41) is 8.72. The Bertz CT molecular complexity index is 1430. The van der Waals surface area contributed by atoms with Crippen molar-refractivity contribution in [3.8, 4) is 0 Å². The van der Waals surface area contributed by atoms with Gasteiger partial charge in [0, 0.05) is 28.9 Å². The first kappa shape index (κ1) is 59.4. The molecule has 0 aromatic heterocycles. The molecule has 56 heavy (non-hydrogen) atoms. The van der Waals surface area contributed by atoms with Crippen LogP contribution in [0.15, 0.2) is 45.3 Å². The van der Waals surface area contributed by atoms with Crippen LogP contribution in [0.5, 0.6) is 0 Å². The molecule has 0 fully saturated rings. The molecule has 328 valence electrons. The minimum atomic E-state index is -3.33. The van der Waals surface area contributed by atoms with Gasteiger partial charge in [-0.05, 0) is 52.4 Å². The molecular weight excluding hydrogens is 741 g/mol. The van der Waals surface area contributed by atoms with Gasteiger partial charge in [-0.3, -0.25) is 23.4 Å². The minimum absolute atomic E-state index is 0. The monoisotopic (exact) mass is 819 g/mol. The summed E-state index contributed by atoms with van der Waals surface area (Å²) in [4.78, 5) is 49.5. The maximum absolute atomic E-state index is 12.5. The molecular formula is C43H78O12S. The van der Waals surface area contributed by atoms with E-state index in [0.717, 1.165) is 89.7 Å². The number of carbonyl (C=O) groups excluding carboxylic acids is 4. The van der Waals surface area contributed by atoms with E-state index >= 15 is 0 Å². The third-order valence-corrected chi connectivity index (χ3v) is 9.74. The van der Waals surface area contributed by atoms with Crippen LogP contribution < -0.4 is 0 Å². The quantitative estimate of drug-likeness (QED) is 0.0499. The van der Waals surface area contributed by atoms with Crippen molar-refractivity contribution >= 4 is 33.3 Å². The molecule has 0 bridgehead atoms. The van der Waals surface area contributed by atoms with Crippen LogP contribution in [0, 0.1) is 0 Å². The summed E-state index contributed by atoms with van der Waals surface area (Å²) in [5.41, 5.74) is 2.00. The predicted molar refractivity (Wildman–Crippen MR) is 225 cm³/mol. The SMILES string of the molecule is C.C.C.C.COC1=C(OC)C(=O)C(CCCCCCCCCCO)=C(C)C1=O.COC1=C(OC)C(=O)C(CCCCCCCCCCOS(C)(=O)=O)=C(C)C1=O. The number of hydrogen-bond donors (Lipinski definition) is 1. The largest absolute Gasteiger partial charge is 0.489 e. The fraction of sp³-hybridized carbons (Fsp3) is 0.721. The molecule has 2 rings (SSSR count). The zero-order valence-electron chi connectivity index (χ0n) is 32.5. The molecule has 13 heteroatoms. The van der Waals surface area contributed by atoms with Crippen molar-refractivity contribution in [2.24, 2.45) is 0 Å². The molecule has 0 unspecified atom stereocenters. The van der Waals surface area contributed by atoms with Gasteiger partial charge < -0.3 is 24.1 Å². The van der Waals surface area contributed by atoms with E-state index in [2.05, 4.69) is 0 Å². The van der Waals surface area contributed by atoms with Gasteiger partial charge >= 0.3 is 0 Å². The van der Waals surface area contributed by atoms with Gasteiger partial charge in [0.05, 0.1) is 41.3 Å². The lowest BCUT2D eigenvalue weighted by Crippen LogP contribution is -2.25. The van der Waals surface area contributed by atoms with Gasteiger partial charge in [0.25, 0.3) is 10.1 Å². The Morgan fingerprint density at radius 1 is 0.446 bits per heavy atom. The molecule has 0 atom stereocenters. The van der Waals surface area contributed by atoms with Crippen LogP contribution in [0.4, 0.5) is 0 Å². The summed E-state index contributed by atoms with van der Waals surface area (Å²) < 4.78 is 46.6. The van der Waals surface area contributed by atoms with Crippen LogP contribution in [0.3, 0.4) is 0 Å². The topological polar surface area (TPSA) is 169 Å². The van der Waals surface area contributed by atoms with Crippen molar-refractivity contribution in [3.05, 3.63) is 45.3 Å². The van der Waals surface area contributed by atoms with E-state index in [1.165, 1.54) is 47.7 Å². The van der Waals surface area contributed by atoms with Gasteiger partial charge in [-0.15, -0.1) is 0 Å². The summed E-state index contributed by atoms with van der Waals surface area (Å²) in [6, 6.07) is 0. The van der Waals surface area contributed by atoms with Crippen LogP contribution in [-0.2, 0) is 52.4 Å². The van der Waals surface area contributed by atoms with Gasteiger partial charge in [-0.2, -0.15) is 8.42 Å². The molecule has 0 aromatic carbocycles. The van der Waals surface area contributed by atoms with Gasteiger partial charge in [0.15, 0.2) is 0 Å². The minimum Gasteiger partial charge on any atom is -0.489 e. The third-order valence-electron chi connectivity index (χ3n) is 9.14. The summed E-state index contributed by atoms with van der Waals surface area (Å²) in [6.45, 7) is 3.88. The second-order valence-corrected chi connectivity index (χ2v) is 14.7. The molecule has 1 N–H and O–H groups in total. The number of methoxy groups -OCH3 is 4. The molecule has 0 radical (unpaired) electrons. The Hall–Kier alpha value is -3.29. The van der Waals surface area contributed by atoms with Gasteiger partial charge in [0.2, 0.25) is 46.2 Å². The second kappa shape index (κ2) is 32.8. The lowest BCUT2D eigenvalue weighted by atomic mass is 9.89. The van der Waals surface area contributed by atoms with Crippen molar-refractivity contribution < 1.29 is 55.8 Å². The van der Waals surface area contributed by atoms with E-state index in [9.17, 15) is 27.6 Å². The molecule has 0 spiro atoms. The van der Waals surface area contributed by atoms with E-state index in [-0.39, 0.29) is 89.1 Å². The maximum atomic E-state index is 12.5. The maximum Gasteiger partial charge on any atom is 0.264 e. The van der Waals surface area contributed by atoms with Crippen molar-refractivity contribution in [1.29, 1.82) is 0 Å². The van der Waals surface area contributed by atoms with Crippen LogP contribution in [0.2, 0.25) is 0 Å². The first-order valence-electron chi connectivity index (χ1n) is 18.5. The van der Waals surface area contributed by atoms with Gasteiger partial charge in [-0.25, -0.2) is 0 Å². The molecule has 2 aliphatic rings. The van der Waals surface area contributed by atoms with Crippen LogP contribution >= 0.6 is 0 Å². The van der Waals surface area contributed by atoms with E-state index in [0.29, 0.717) is 35.1 Å². The Labute approximate surface area is 340 Å². The Kier molecular flexibility index (Phi) is 34.8. The number of unbranched alkanes of at least 4 members (excludes halogenated alkanes) is 14. The predicted octanol–water partition coefficient (Wildman–Crippen LogP) is 9.45. The lowest BCUT2D eigenvalue weighted by molar-refractivity contribution is -0.121. The number of hydrogen-bond acceptors (Lipinski definition) is 12. The molecule has 0 saturated carbocycles. The number of ether oxygens (including phenoxy) is 4. The first-order chi connectivity index (χ1) is 24.8. The number of aliphatic hydroxyl groups is 1. The van der Waals surface area contributed by atoms with Crippen molar-refractivity contribution in [2.75, 3.05) is 47.9 Å². The zero-order valence-corrected chi connectivity index (χ0v) is 33.3. The molecule has 0 saturated heterocycles. The van der Waals surface area contributed by atoms with E-state index in [1.807, 2.05) is 0 Å². The van der Waals surface area contributed by atoms with Crippen molar-refractivity contribution in [1.82, 2.24) is 0 Å². The summed E-state index contributed by atoms with van der Waals surface area (Å²) in [7, 11) is 2.15. The molecule has 0 amide bonds. The van der Waals surface area contributed by atoms with Gasteiger partial charge in [0.1, 0.15) is 0 Å². The number of rotatable bonds is 26.